The standard InChI is InChI=1S/C15H17N3O5/c1-8(20)16-10-2-3-11(9(6-10)7-19)14(22)17-12-4-5-13(21)18-15(12)23/h2-3,6-8,12,16,20H,4-5H2,1H3,(H,17,22)(H,18,21,23). The van der Waals surface area contributed by atoms with Crippen molar-refractivity contribution in [2.45, 2.75) is 32.0 Å². The zero-order chi connectivity index (χ0) is 17.0. The van der Waals surface area contributed by atoms with Crippen molar-refractivity contribution in [3.8, 4) is 0 Å². The monoisotopic (exact) mass is 319 g/mol. The third-order valence-electron chi connectivity index (χ3n) is 3.34. The Kier molecular flexibility index (Phi) is 5.07. The predicted molar refractivity (Wildman–Crippen MR) is 80.8 cm³/mol. The third kappa shape index (κ3) is 4.13. The molecule has 1 saturated heterocycles. The number of hydrogen-bond donors (Lipinski definition) is 4. The lowest BCUT2D eigenvalue weighted by Crippen LogP contribution is -2.52. The molecule has 0 radical (unpaired) electrons. The number of amides is 3. The minimum atomic E-state index is -0.810. The number of carbonyl (C=O) groups is 4. The Labute approximate surface area is 132 Å². The van der Waals surface area contributed by atoms with Gasteiger partial charge in [0.15, 0.2) is 6.29 Å². The van der Waals surface area contributed by atoms with Crippen molar-refractivity contribution >= 4 is 29.7 Å². The van der Waals surface area contributed by atoms with E-state index in [2.05, 4.69) is 16.0 Å². The van der Waals surface area contributed by atoms with Crippen LogP contribution < -0.4 is 16.0 Å². The molecule has 0 saturated carbocycles. The number of aliphatic hydroxyl groups is 1. The van der Waals surface area contributed by atoms with E-state index < -0.39 is 24.1 Å². The first kappa shape index (κ1) is 16.6. The smallest absolute Gasteiger partial charge is 0.252 e. The Morgan fingerprint density at radius 1 is 1.43 bits per heavy atom. The van der Waals surface area contributed by atoms with Gasteiger partial charge in [-0.25, -0.2) is 0 Å². The predicted octanol–water partition coefficient (Wildman–Crippen LogP) is -0.216. The quantitative estimate of drug-likeness (QED) is 0.338. The number of aliphatic hydroxyl groups excluding tert-OH is 1. The maximum absolute atomic E-state index is 12.2. The molecule has 0 aliphatic carbocycles. The number of rotatable bonds is 5. The van der Waals surface area contributed by atoms with Gasteiger partial charge >= 0.3 is 0 Å². The van der Waals surface area contributed by atoms with Crippen molar-refractivity contribution in [3.05, 3.63) is 29.3 Å². The molecule has 2 unspecified atom stereocenters. The van der Waals surface area contributed by atoms with E-state index in [9.17, 15) is 24.3 Å². The molecule has 2 atom stereocenters. The second-order valence-corrected chi connectivity index (χ2v) is 5.22. The van der Waals surface area contributed by atoms with Crippen LogP contribution in [0.5, 0.6) is 0 Å². The summed E-state index contributed by atoms with van der Waals surface area (Å²) < 4.78 is 0. The minimum absolute atomic E-state index is 0.112. The van der Waals surface area contributed by atoms with E-state index in [1.54, 1.807) is 6.07 Å². The maximum atomic E-state index is 12.2. The van der Waals surface area contributed by atoms with Gasteiger partial charge in [0.25, 0.3) is 5.91 Å². The van der Waals surface area contributed by atoms with E-state index in [0.29, 0.717) is 12.0 Å². The summed E-state index contributed by atoms with van der Waals surface area (Å²) in [6.45, 7) is 1.52. The van der Waals surface area contributed by atoms with Crippen molar-refractivity contribution in [2.24, 2.45) is 0 Å². The normalized spacial score (nSPS) is 18.8. The molecule has 4 N–H and O–H groups in total. The summed E-state index contributed by atoms with van der Waals surface area (Å²) in [7, 11) is 0. The molecule has 8 nitrogen and oxygen atoms in total. The van der Waals surface area contributed by atoms with Crippen LogP contribution in [0.15, 0.2) is 18.2 Å². The molecule has 8 heteroatoms. The number of anilines is 1. The van der Waals surface area contributed by atoms with Crippen molar-refractivity contribution in [1.82, 2.24) is 10.6 Å². The van der Waals surface area contributed by atoms with Crippen molar-refractivity contribution in [3.63, 3.8) is 0 Å². The zero-order valence-electron chi connectivity index (χ0n) is 12.5. The molecule has 122 valence electrons. The number of carbonyl (C=O) groups excluding carboxylic acids is 4. The van der Waals surface area contributed by atoms with Gasteiger partial charge in [-0.05, 0) is 31.5 Å². The molecule has 3 amide bonds. The Bertz CT molecular complexity index is 657. The van der Waals surface area contributed by atoms with Crippen LogP contribution >= 0.6 is 0 Å². The molecule has 2 rings (SSSR count). The Hall–Kier alpha value is -2.74. The second-order valence-electron chi connectivity index (χ2n) is 5.22. The maximum Gasteiger partial charge on any atom is 0.252 e. The Morgan fingerprint density at radius 3 is 2.78 bits per heavy atom. The first-order valence-electron chi connectivity index (χ1n) is 7.09. The zero-order valence-corrected chi connectivity index (χ0v) is 12.5. The molecule has 1 aromatic rings. The molecule has 1 aliphatic heterocycles. The molecule has 1 fully saturated rings. The van der Waals surface area contributed by atoms with Gasteiger partial charge in [0, 0.05) is 23.2 Å². The van der Waals surface area contributed by atoms with Crippen molar-refractivity contribution < 1.29 is 24.3 Å². The highest BCUT2D eigenvalue weighted by atomic mass is 16.3. The van der Waals surface area contributed by atoms with E-state index in [1.807, 2.05) is 0 Å². The number of hydrogen-bond acceptors (Lipinski definition) is 6. The lowest BCUT2D eigenvalue weighted by Gasteiger charge is -2.22. The number of aldehydes is 1. The molecular formula is C15H17N3O5. The number of piperidine rings is 1. The first-order valence-corrected chi connectivity index (χ1v) is 7.09. The fraction of sp³-hybridized carbons (Fsp3) is 0.333. The highest BCUT2D eigenvalue weighted by Gasteiger charge is 2.28. The van der Waals surface area contributed by atoms with Gasteiger partial charge in [-0.3, -0.25) is 24.5 Å². The van der Waals surface area contributed by atoms with E-state index in [4.69, 9.17) is 0 Å². The molecule has 0 spiro atoms. The van der Waals surface area contributed by atoms with Crippen LogP contribution in [0.2, 0.25) is 0 Å². The van der Waals surface area contributed by atoms with Crippen molar-refractivity contribution in [2.75, 3.05) is 5.32 Å². The average Bonchev–Trinajstić information content (AvgIpc) is 2.49. The second kappa shape index (κ2) is 7.01. The fourth-order valence-corrected chi connectivity index (χ4v) is 2.27. The lowest BCUT2D eigenvalue weighted by atomic mass is 10.0. The van der Waals surface area contributed by atoms with E-state index in [1.165, 1.54) is 19.1 Å². The van der Waals surface area contributed by atoms with Crippen LogP contribution in [-0.4, -0.2) is 41.4 Å². The average molecular weight is 319 g/mol. The fourth-order valence-electron chi connectivity index (χ4n) is 2.27. The van der Waals surface area contributed by atoms with Gasteiger partial charge in [-0.1, -0.05) is 0 Å². The third-order valence-corrected chi connectivity index (χ3v) is 3.34. The van der Waals surface area contributed by atoms with E-state index in [-0.39, 0.29) is 29.9 Å². The van der Waals surface area contributed by atoms with E-state index >= 15 is 0 Å². The molecule has 0 aromatic heterocycles. The van der Waals surface area contributed by atoms with Gasteiger partial charge in [0.2, 0.25) is 11.8 Å². The van der Waals surface area contributed by atoms with Crippen LogP contribution in [0.3, 0.4) is 0 Å². The first-order chi connectivity index (χ1) is 10.9. The van der Waals surface area contributed by atoms with Crippen molar-refractivity contribution in [1.29, 1.82) is 0 Å². The molecule has 0 bridgehead atoms. The summed E-state index contributed by atoms with van der Waals surface area (Å²) in [5, 5.41) is 16.6. The summed E-state index contributed by atoms with van der Waals surface area (Å²) in [6.07, 6.45) is 0.0768. The highest BCUT2D eigenvalue weighted by molar-refractivity contribution is 6.06. The van der Waals surface area contributed by atoms with Gasteiger partial charge in [0.05, 0.1) is 0 Å². The van der Waals surface area contributed by atoms with Crippen LogP contribution in [0.25, 0.3) is 0 Å². The van der Waals surface area contributed by atoms with Crippen LogP contribution in [0, 0.1) is 0 Å². The largest absolute Gasteiger partial charge is 0.374 e. The molecular weight excluding hydrogens is 302 g/mol. The summed E-state index contributed by atoms with van der Waals surface area (Å²) in [6, 6.07) is 3.59. The Morgan fingerprint density at radius 2 is 2.17 bits per heavy atom. The SMILES string of the molecule is CC(O)Nc1ccc(C(=O)NC2CCC(=O)NC2=O)c(C=O)c1. The number of imide groups is 1. The molecule has 23 heavy (non-hydrogen) atoms. The lowest BCUT2D eigenvalue weighted by molar-refractivity contribution is -0.134. The summed E-state index contributed by atoms with van der Waals surface area (Å²) >= 11 is 0. The minimum Gasteiger partial charge on any atom is -0.374 e. The summed E-state index contributed by atoms with van der Waals surface area (Å²) in [4.78, 5) is 46.2. The molecule has 1 aliphatic rings. The van der Waals surface area contributed by atoms with E-state index in [0.717, 1.165) is 0 Å². The van der Waals surface area contributed by atoms with Gasteiger partial charge in [-0.2, -0.15) is 0 Å². The van der Waals surface area contributed by atoms with Gasteiger partial charge < -0.3 is 15.7 Å². The summed E-state index contributed by atoms with van der Waals surface area (Å²) in [5.41, 5.74) is 0.723. The van der Waals surface area contributed by atoms with Gasteiger partial charge in [0.1, 0.15) is 12.3 Å². The topological polar surface area (TPSA) is 125 Å². The van der Waals surface area contributed by atoms with Crippen LogP contribution in [-0.2, 0) is 9.59 Å². The number of nitrogens with one attached hydrogen (secondary N) is 3. The number of benzene rings is 1. The van der Waals surface area contributed by atoms with Crippen LogP contribution in [0.4, 0.5) is 5.69 Å². The molecule has 1 aromatic carbocycles. The van der Waals surface area contributed by atoms with Gasteiger partial charge in [-0.15, -0.1) is 0 Å². The highest BCUT2D eigenvalue weighted by Crippen LogP contribution is 2.16. The Balaban J connectivity index is 2.14. The molecule has 1 heterocycles. The van der Waals surface area contributed by atoms with Crippen LogP contribution in [0.1, 0.15) is 40.5 Å². The summed E-state index contributed by atoms with van der Waals surface area (Å²) in [5.74, 6) is -1.51.